The van der Waals surface area contributed by atoms with Crippen LogP contribution in [0.1, 0.15) is 12.8 Å². The van der Waals surface area contributed by atoms with Crippen molar-refractivity contribution in [1.82, 2.24) is 19.6 Å². The van der Waals surface area contributed by atoms with Gasteiger partial charge in [-0.15, -0.1) is 10.2 Å². The van der Waals surface area contributed by atoms with Gasteiger partial charge in [0.15, 0.2) is 5.82 Å². The second kappa shape index (κ2) is 3.71. The van der Waals surface area contributed by atoms with Crippen LogP contribution in [0.4, 0.5) is 5.82 Å². The van der Waals surface area contributed by atoms with Crippen LogP contribution in [0.15, 0.2) is 18.7 Å². The largest absolute Gasteiger partial charge is 0.381 e. The second-order valence-electron chi connectivity index (χ2n) is 4.01. The van der Waals surface area contributed by atoms with Crippen molar-refractivity contribution in [3.63, 3.8) is 0 Å². The number of fused-ring (bicyclic) bond motifs is 1. The average molecular weight is 219 g/mol. The van der Waals surface area contributed by atoms with Gasteiger partial charge in [0.1, 0.15) is 6.33 Å². The predicted octanol–water partition coefficient (Wildman–Crippen LogP) is 0.714. The Labute approximate surface area is 92.7 Å². The highest BCUT2D eigenvalue weighted by Gasteiger charge is 2.29. The van der Waals surface area contributed by atoms with Crippen LogP contribution in [0.2, 0.25) is 0 Å². The summed E-state index contributed by atoms with van der Waals surface area (Å²) >= 11 is 0. The number of hydrogen-bond acceptors (Lipinski definition) is 5. The van der Waals surface area contributed by atoms with Gasteiger partial charge in [-0.25, -0.2) is 4.98 Å². The monoisotopic (exact) mass is 219 g/mol. The van der Waals surface area contributed by atoms with E-state index in [4.69, 9.17) is 4.74 Å². The van der Waals surface area contributed by atoms with E-state index in [-0.39, 0.29) is 0 Å². The zero-order valence-corrected chi connectivity index (χ0v) is 9.00. The minimum atomic E-state index is 0.384. The van der Waals surface area contributed by atoms with Crippen molar-refractivity contribution in [1.29, 1.82) is 0 Å². The van der Waals surface area contributed by atoms with Gasteiger partial charge >= 0.3 is 0 Å². The highest BCUT2D eigenvalue weighted by molar-refractivity contribution is 5.61. The third-order valence-corrected chi connectivity index (χ3v) is 2.98. The standard InChI is InChI=1S/C10H13N5O/c1-16-8-4-7(5-8)13-9-10-14-12-6-15(10)3-2-11-9/h2-3,6-8H,4-5H2,1H3,(H,11,13). The molecule has 1 aliphatic carbocycles. The molecule has 16 heavy (non-hydrogen) atoms. The summed E-state index contributed by atoms with van der Waals surface area (Å²) in [7, 11) is 1.75. The van der Waals surface area contributed by atoms with Crippen LogP contribution in [0.5, 0.6) is 0 Å². The third kappa shape index (κ3) is 1.51. The van der Waals surface area contributed by atoms with Gasteiger partial charge in [-0.2, -0.15) is 0 Å². The first kappa shape index (κ1) is 9.53. The zero-order chi connectivity index (χ0) is 11.0. The Morgan fingerprint density at radius 2 is 2.38 bits per heavy atom. The van der Waals surface area contributed by atoms with E-state index < -0.39 is 0 Å². The van der Waals surface area contributed by atoms with Crippen LogP contribution < -0.4 is 5.32 Å². The summed E-state index contributed by atoms with van der Waals surface area (Å²) < 4.78 is 7.08. The summed E-state index contributed by atoms with van der Waals surface area (Å²) in [6.07, 6.45) is 7.67. The smallest absolute Gasteiger partial charge is 0.203 e. The van der Waals surface area contributed by atoms with Gasteiger partial charge in [0.05, 0.1) is 6.10 Å². The maximum atomic E-state index is 5.23. The van der Waals surface area contributed by atoms with E-state index in [1.165, 1.54) is 0 Å². The Morgan fingerprint density at radius 1 is 1.50 bits per heavy atom. The van der Waals surface area contributed by atoms with E-state index in [2.05, 4.69) is 20.5 Å². The van der Waals surface area contributed by atoms with Gasteiger partial charge in [-0.1, -0.05) is 0 Å². The normalized spacial score (nSPS) is 24.3. The van der Waals surface area contributed by atoms with E-state index in [0.717, 1.165) is 24.3 Å². The molecule has 0 atom stereocenters. The van der Waals surface area contributed by atoms with Crippen molar-refractivity contribution in [2.75, 3.05) is 12.4 Å². The van der Waals surface area contributed by atoms with Crippen molar-refractivity contribution < 1.29 is 4.74 Å². The van der Waals surface area contributed by atoms with Crippen molar-refractivity contribution in [2.24, 2.45) is 0 Å². The summed E-state index contributed by atoms with van der Waals surface area (Å²) in [5.41, 5.74) is 0.767. The van der Waals surface area contributed by atoms with Crippen molar-refractivity contribution in [3.8, 4) is 0 Å². The van der Waals surface area contributed by atoms with Crippen LogP contribution in [-0.2, 0) is 4.74 Å². The molecule has 3 rings (SSSR count). The summed E-state index contributed by atoms with van der Waals surface area (Å²) in [5, 5.41) is 11.2. The van der Waals surface area contributed by atoms with Gasteiger partial charge in [0.25, 0.3) is 0 Å². The lowest BCUT2D eigenvalue weighted by atomic mass is 9.89. The number of nitrogens with one attached hydrogen (secondary N) is 1. The number of rotatable bonds is 3. The number of aromatic nitrogens is 4. The van der Waals surface area contributed by atoms with Gasteiger partial charge in [-0.05, 0) is 12.8 Å². The molecule has 0 unspecified atom stereocenters. The predicted molar refractivity (Wildman–Crippen MR) is 58.2 cm³/mol. The first-order valence-corrected chi connectivity index (χ1v) is 5.30. The maximum absolute atomic E-state index is 5.23. The van der Waals surface area contributed by atoms with E-state index in [9.17, 15) is 0 Å². The lowest BCUT2D eigenvalue weighted by molar-refractivity contribution is 0.0328. The molecule has 1 fully saturated rings. The molecule has 84 valence electrons. The first-order valence-electron chi connectivity index (χ1n) is 5.30. The van der Waals surface area contributed by atoms with E-state index >= 15 is 0 Å². The Hall–Kier alpha value is -1.69. The molecule has 6 heteroatoms. The molecular formula is C10H13N5O. The minimum Gasteiger partial charge on any atom is -0.381 e. The molecule has 2 aromatic rings. The Kier molecular flexibility index (Phi) is 2.21. The van der Waals surface area contributed by atoms with Crippen LogP contribution in [0, 0.1) is 0 Å². The molecule has 1 saturated carbocycles. The fourth-order valence-corrected chi connectivity index (χ4v) is 1.93. The summed E-state index contributed by atoms with van der Waals surface area (Å²) in [6.45, 7) is 0. The lowest BCUT2D eigenvalue weighted by Gasteiger charge is -2.34. The molecule has 6 nitrogen and oxygen atoms in total. The first-order chi connectivity index (χ1) is 7.86. The molecule has 0 saturated heterocycles. The SMILES string of the molecule is COC1CC(Nc2nccn3cnnc23)C1. The van der Waals surface area contributed by atoms with Crippen molar-refractivity contribution in [2.45, 2.75) is 25.0 Å². The molecule has 0 aromatic carbocycles. The molecular weight excluding hydrogens is 206 g/mol. The van der Waals surface area contributed by atoms with Gasteiger partial charge in [0.2, 0.25) is 5.65 Å². The molecule has 0 aliphatic heterocycles. The fraction of sp³-hybridized carbons (Fsp3) is 0.500. The molecule has 0 radical (unpaired) electrons. The van der Waals surface area contributed by atoms with E-state index in [1.54, 1.807) is 19.6 Å². The van der Waals surface area contributed by atoms with Crippen LogP contribution >= 0.6 is 0 Å². The number of methoxy groups -OCH3 is 1. The van der Waals surface area contributed by atoms with Gasteiger partial charge in [0, 0.05) is 25.5 Å². The van der Waals surface area contributed by atoms with Gasteiger partial charge < -0.3 is 10.1 Å². The third-order valence-electron chi connectivity index (χ3n) is 2.98. The summed E-state index contributed by atoms with van der Waals surface area (Å²) in [4.78, 5) is 4.28. The van der Waals surface area contributed by atoms with Gasteiger partial charge in [-0.3, -0.25) is 4.40 Å². The lowest BCUT2D eigenvalue weighted by Crippen LogP contribution is -2.40. The fourth-order valence-electron chi connectivity index (χ4n) is 1.93. The Morgan fingerprint density at radius 3 is 3.19 bits per heavy atom. The van der Waals surface area contributed by atoms with Crippen LogP contribution in [0.3, 0.4) is 0 Å². The number of ether oxygens (including phenoxy) is 1. The highest BCUT2D eigenvalue weighted by atomic mass is 16.5. The number of nitrogens with zero attached hydrogens (tertiary/aromatic N) is 4. The highest BCUT2D eigenvalue weighted by Crippen LogP contribution is 2.26. The quantitative estimate of drug-likeness (QED) is 0.823. The molecule has 0 amide bonds. The Bertz CT molecular complexity index is 491. The average Bonchev–Trinajstić information content (AvgIpc) is 2.71. The topological polar surface area (TPSA) is 64.3 Å². The van der Waals surface area contributed by atoms with Crippen LogP contribution in [-0.4, -0.2) is 38.8 Å². The number of anilines is 1. The Balaban J connectivity index is 1.77. The summed E-state index contributed by atoms with van der Waals surface area (Å²) in [5.74, 6) is 0.791. The number of hydrogen-bond donors (Lipinski definition) is 1. The van der Waals surface area contributed by atoms with E-state index in [0.29, 0.717) is 12.1 Å². The molecule has 0 spiro atoms. The minimum absolute atomic E-state index is 0.384. The molecule has 0 bridgehead atoms. The van der Waals surface area contributed by atoms with Crippen molar-refractivity contribution in [3.05, 3.63) is 18.7 Å². The van der Waals surface area contributed by atoms with Crippen molar-refractivity contribution >= 4 is 11.5 Å². The molecule has 2 aromatic heterocycles. The maximum Gasteiger partial charge on any atom is 0.203 e. The summed E-state index contributed by atoms with van der Waals surface area (Å²) in [6, 6.07) is 0.431. The van der Waals surface area contributed by atoms with E-state index in [1.807, 2.05) is 10.6 Å². The molecule has 1 aliphatic rings. The molecule has 2 heterocycles. The second-order valence-corrected chi connectivity index (χ2v) is 4.01. The zero-order valence-electron chi connectivity index (χ0n) is 9.00. The van der Waals surface area contributed by atoms with Crippen LogP contribution in [0.25, 0.3) is 5.65 Å². The molecule has 1 N–H and O–H groups in total.